The summed E-state index contributed by atoms with van der Waals surface area (Å²) in [4.78, 5) is 2.65. The molecule has 1 saturated heterocycles. The number of ether oxygens (including phenoxy) is 3. The number of hydrogen-bond donors (Lipinski definition) is 0. The molecule has 0 bridgehead atoms. The van der Waals surface area contributed by atoms with E-state index in [4.69, 9.17) is 14.2 Å². The Hall–Kier alpha value is -1.42. The summed E-state index contributed by atoms with van der Waals surface area (Å²) in [6, 6.07) is 5.71. The molecule has 1 aromatic carbocycles. The minimum Gasteiger partial charge on any atom is -0.493 e. The average molecular weight is 350 g/mol. The predicted molar refractivity (Wildman–Crippen MR) is 103 cm³/mol. The fourth-order valence-electron chi connectivity index (χ4n) is 3.90. The Bertz CT molecular complexity index is 474. The molecule has 0 aromatic heterocycles. The van der Waals surface area contributed by atoms with Gasteiger partial charge in [0.15, 0.2) is 11.5 Å². The predicted octanol–water partition coefficient (Wildman–Crippen LogP) is 4.62. The van der Waals surface area contributed by atoms with Gasteiger partial charge in [0.25, 0.3) is 0 Å². The number of rotatable bonds is 10. The molecule has 1 aromatic rings. The molecule has 0 N–H and O–H groups in total. The third kappa shape index (κ3) is 6.43. The summed E-state index contributed by atoms with van der Waals surface area (Å²) in [6.45, 7) is 9.27. The van der Waals surface area contributed by atoms with E-state index in [1.54, 1.807) is 14.2 Å². The number of unbranched alkanes of at least 4 members (excludes halogenated alkanes) is 3. The van der Waals surface area contributed by atoms with Crippen molar-refractivity contribution in [2.45, 2.75) is 46.0 Å². The summed E-state index contributed by atoms with van der Waals surface area (Å²) in [5.41, 5.74) is 0. The second-order valence-corrected chi connectivity index (χ2v) is 7.46. The van der Waals surface area contributed by atoms with Gasteiger partial charge >= 0.3 is 0 Å². The summed E-state index contributed by atoms with van der Waals surface area (Å²) < 4.78 is 16.6. The van der Waals surface area contributed by atoms with Gasteiger partial charge in [0, 0.05) is 13.1 Å². The maximum Gasteiger partial charge on any atom is 0.203 e. The number of benzene rings is 1. The number of methoxy groups -OCH3 is 2. The number of piperidine rings is 1. The van der Waals surface area contributed by atoms with Gasteiger partial charge in [0.1, 0.15) is 0 Å². The van der Waals surface area contributed by atoms with Crippen LogP contribution in [0.25, 0.3) is 0 Å². The molecule has 0 amide bonds. The monoisotopic (exact) mass is 349 g/mol. The lowest BCUT2D eigenvalue weighted by molar-refractivity contribution is 0.138. The van der Waals surface area contributed by atoms with Crippen LogP contribution in [0.3, 0.4) is 0 Å². The van der Waals surface area contributed by atoms with Crippen LogP contribution in [0.4, 0.5) is 0 Å². The van der Waals surface area contributed by atoms with Gasteiger partial charge in [-0.25, -0.2) is 0 Å². The Kier molecular flexibility index (Phi) is 8.39. The summed E-state index contributed by atoms with van der Waals surface area (Å²) in [6.07, 6.45) is 6.22. The minimum atomic E-state index is 0.703. The van der Waals surface area contributed by atoms with Gasteiger partial charge in [-0.05, 0) is 49.8 Å². The van der Waals surface area contributed by atoms with Crippen molar-refractivity contribution in [3.05, 3.63) is 18.2 Å². The molecule has 2 atom stereocenters. The molecule has 1 aliphatic heterocycles. The number of nitrogens with zero attached hydrogens (tertiary/aromatic N) is 1. The van der Waals surface area contributed by atoms with Crippen molar-refractivity contribution in [3.8, 4) is 17.2 Å². The summed E-state index contributed by atoms with van der Waals surface area (Å²) in [7, 11) is 3.31. The zero-order valence-corrected chi connectivity index (χ0v) is 16.4. The molecule has 0 aliphatic carbocycles. The maximum absolute atomic E-state index is 5.91. The van der Waals surface area contributed by atoms with Crippen LogP contribution in [-0.4, -0.2) is 45.4 Å². The molecule has 1 aliphatic rings. The van der Waals surface area contributed by atoms with Crippen LogP contribution >= 0.6 is 0 Å². The van der Waals surface area contributed by atoms with Gasteiger partial charge in [-0.1, -0.05) is 32.8 Å². The van der Waals surface area contributed by atoms with Crippen LogP contribution in [0.5, 0.6) is 17.2 Å². The van der Waals surface area contributed by atoms with Crippen molar-refractivity contribution >= 4 is 0 Å². The molecule has 0 spiro atoms. The standard InChI is InChI=1S/C21H35NO3/c1-17-14-18(2)16-22(15-17)12-7-5-6-8-13-25-21-19(23-3)10-9-11-20(21)24-4/h9-11,17-18H,5-8,12-16H2,1-4H3/t17-,18-/m0/s1. The summed E-state index contributed by atoms with van der Waals surface area (Å²) in [5, 5.41) is 0. The molecule has 142 valence electrons. The fraction of sp³-hybridized carbons (Fsp3) is 0.714. The average Bonchev–Trinajstić information content (AvgIpc) is 2.59. The van der Waals surface area contributed by atoms with Gasteiger partial charge < -0.3 is 19.1 Å². The zero-order valence-electron chi connectivity index (χ0n) is 16.4. The van der Waals surface area contributed by atoms with Crippen LogP contribution < -0.4 is 14.2 Å². The fourth-order valence-corrected chi connectivity index (χ4v) is 3.90. The molecule has 1 heterocycles. The van der Waals surface area contributed by atoms with Crippen molar-refractivity contribution < 1.29 is 14.2 Å². The van der Waals surface area contributed by atoms with Gasteiger partial charge in [0.2, 0.25) is 5.75 Å². The van der Waals surface area contributed by atoms with Crippen LogP contribution in [0.2, 0.25) is 0 Å². The first kappa shape index (κ1) is 19.9. The molecule has 4 nitrogen and oxygen atoms in total. The summed E-state index contributed by atoms with van der Waals surface area (Å²) in [5.74, 6) is 3.88. The van der Waals surface area contributed by atoms with E-state index in [2.05, 4.69) is 18.7 Å². The Morgan fingerprint density at radius 1 is 0.920 bits per heavy atom. The van der Waals surface area contributed by atoms with E-state index < -0.39 is 0 Å². The minimum absolute atomic E-state index is 0.703. The molecule has 0 radical (unpaired) electrons. The molecule has 0 unspecified atom stereocenters. The number of likely N-dealkylation sites (tertiary alicyclic amines) is 1. The van der Waals surface area contributed by atoms with E-state index in [0.29, 0.717) is 12.4 Å². The maximum atomic E-state index is 5.91. The topological polar surface area (TPSA) is 30.9 Å². The molecule has 4 heteroatoms. The highest BCUT2D eigenvalue weighted by molar-refractivity contribution is 5.51. The van der Waals surface area contributed by atoms with E-state index in [9.17, 15) is 0 Å². The van der Waals surface area contributed by atoms with Gasteiger partial charge in [-0.15, -0.1) is 0 Å². The van der Waals surface area contributed by atoms with E-state index in [-0.39, 0.29) is 0 Å². The van der Waals surface area contributed by atoms with Crippen LogP contribution in [0.15, 0.2) is 18.2 Å². The van der Waals surface area contributed by atoms with Gasteiger partial charge in [0.05, 0.1) is 20.8 Å². The second-order valence-electron chi connectivity index (χ2n) is 7.46. The normalized spacial score (nSPS) is 21.1. The molecular weight excluding hydrogens is 314 g/mol. The van der Waals surface area contributed by atoms with Crippen molar-refractivity contribution in [1.29, 1.82) is 0 Å². The zero-order chi connectivity index (χ0) is 18.1. The van der Waals surface area contributed by atoms with Crippen molar-refractivity contribution in [3.63, 3.8) is 0 Å². The highest BCUT2D eigenvalue weighted by Gasteiger charge is 2.20. The third-order valence-electron chi connectivity index (χ3n) is 4.94. The smallest absolute Gasteiger partial charge is 0.203 e. The molecular formula is C21H35NO3. The van der Waals surface area contributed by atoms with Crippen LogP contribution in [-0.2, 0) is 0 Å². The molecule has 25 heavy (non-hydrogen) atoms. The van der Waals surface area contributed by atoms with E-state index in [1.165, 1.54) is 45.3 Å². The van der Waals surface area contributed by atoms with Crippen molar-refractivity contribution in [2.75, 3.05) is 40.5 Å². The van der Waals surface area contributed by atoms with Crippen LogP contribution in [0.1, 0.15) is 46.0 Å². The quantitative estimate of drug-likeness (QED) is 0.577. The number of para-hydroxylation sites is 1. The van der Waals surface area contributed by atoms with E-state index in [0.717, 1.165) is 29.8 Å². The highest BCUT2D eigenvalue weighted by atomic mass is 16.5. The highest BCUT2D eigenvalue weighted by Crippen LogP contribution is 2.36. The Morgan fingerprint density at radius 2 is 1.52 bits per heavy atom. The lowest BCUT2D eigenvalue weighted by Crippen LogP contribution is -2.39. The van der Waals surface area contributed by atoms with E-state index in [1.807, 2.05) is 18.2 Å². The molecule has 0 saturated carbocycles. The van der Waals surface area contributed by atoms with E-state index >= 15 is 0 Å². The van der Waals surface area contributed by atoms with Gasteiger partial charge in [-0.3, -0.25) is 0 Å². The summed E-state index contributed by atoms with van der Waals surface area (Å²) >= 11 is 0. The first-order valence-electron chi connectivity index (χ1n) is 9.70. The van der Waals surface area contributed by atoms with Crippen molar-refractivity contribution in [1.82, 2.24) is 4.90 Å². The Balaban J connectivity index is 1.61. The first-order chi connectivity index (χ1) is 12.1. The van der Waals surface area contributed by atoms with Gasteiger partial charge in [-0.2, -0.15) is 0 Å². The largest absolute Gasteiger partial charge is 0.493 e. The number of hydrogen-bond acceptors (Lipinski definition) is 4. The lowest BCUT2D eigenvalue weighted by atomic mass is 9.92. The Morgan fingerprint density at radius 3 is 2.12 bits per heavy atom. The third-order valence-corrected chi connectivity index (χ3v) is 4.94. The molecule has 1 fully saturated rings. The SMILES string of the molecule is COc1cccc(OC)c1OCCCCCCN1C[C@@H](C)C[C@H](C)C1. The second kappa shape index (κ2) is 10.5. The van der Waals surface area contributed by atoms with Crippen LogP contribution in [0, 0.1) is 11.8 Å². The Labute approximate surface area is 153 Å². The molecule has 2 rings (SSSR count). The lowest BCUT2D eigenvalue weighted by Gasteiger charge is -2.34. The first-order valence-corrected chi connectivity index (χ1v) is 9.70. The van der Waals surface area contributed by atoms with Crippen molar-refractivity contribution in [2.24, 2.45) is 11.8 Å².